The quantitative estimate of drug-likeness (QED) is 0.877. The van der Waals surface area contributed by atoms with E-state index in [1.54, 1.807) is 11.3 Å². The third-order valence-corrected chi connectivity index (χ3v) is 3.62. The standard InChI is InChI=1S/C15H18N2OS/c1-3-16-13-4-5-14(11(2)8-13)15(18)17-9-12-6-7-19-10-12/h4-8,10,16H,3,9H2,1-2H3,(H,17,18). The first-order chi connectivity index (χ1) is 9.20. The summed E-state index contributed by atoms with van der Waals surface area (Å²) in [5, 5.41) is 10.2. The predicted molar refractivity (Wildman–Crippen MR) is 80.8 cm³/mol. The molecule has 2 N–H and O–H groups in total. The molecule has 3 nitrogen and oxygen atoms in total. The van der Waals surface area contributed by atoms with Gasteiger partial charge in [0.2, 0.25) is 0 Å². The van der Waals surface area contributed by atoms with Gasteiger partial charge < -0.3 is 10.6 Å². The molecule has 0 aliphatic carbocycles. The Kier molecular flexibility index (Phi) is 4.58. The van der Waals surface area contributed by atoms with Crippen molar-refractivity contribution in [2.24, 2.45) is 0 Å². The monoisotopic (exact) mass is 274 g/mol. The van der Waals surface area contributed by atoms with Crippen molar-refractivity contribution in [3.05, 3.63) is 51.7 Å². The maximum absolute atomic E-state index is 12.1. The van der Waals surface area contributed by atoms with Crippen molar-refractivity contribution in [2.75, 3.05) is 11.9 Å². The van der Waals surface area contributed by atoms with Crippen LogP contribution in [-0.4, -0.2) is 12.5 Å². The second kappa shape index (κ2) is 6.38. The summed E-state index contributed by atoms with van der Waals surface area (Å²) in [6.07, 6.45) is 0. The van der Waals surface area contributed by atoms with Gasteiger partial charge in [-0.2, -0.15) is 11.3 Å². The maximum atomic E-state index is 12.1. The number of hydrogen-bond donors (Lipinski definition) is 2. The Hall–Kier alpha value is -1.81. The van der Waals surface area contributed by atoms with Gasteiger partial charge in [0.25, 0.3) is 5.91 Å². The fourth-order valence-electron chi connectivity index (χ4n) is 1.90. The molecule has 2 aromatic rings. The Balaban J connectivity index is 2.02. The van der Waals surface area contributed by atoms with Crippen LogP contribution < -0.4 is 10.6 Å². The fourth-order valence-corrected chi connectivity index (χ4v) is 2.57. The molecule has 4 heteroatoms. The van der Waals surface area contributed by atoms with Crippen LogP contribution in [-0.2, 0) is 6.54 Å². The van der Waals surface area contributed by atoms with E-state index >= 15 is 0 Å². The topological polar surface area (TPSA) is 41.1 Å². The zero-order valence-corrected chi connectivity index (χ0v) is 12.0. The van der Waals surface area contributed by atoms with E-state index in [0.29, 0.717) is 6.54 Å². The number of thiophene rings is 1. The lowest BCUT2D eigenvalue weighted by atomic mass is 10.1. The van der Waals surface area contributed by atoms with Gasteiger partial charge in [-0.1, -0.05) is 0 Å². The minimum atomic E-state index is -0.0215. The number of amides is 1. The summed E-state index contributed by atoms with van der Waals surface area (Å²) in [5.74, 6) is -0.0215. The predicted octanol–water partition coefficient (Wildman–Crippen LogP) is 3.42. The Bertz CT molecular complexity index is 549. The van der Waals surface area contributed by atoms with Crippen molar-refractivity contribution in [3.63, 3.8) is 0 Å². The van der Waals surface area contributed by atoms with Gasteiger partial charge in [0.15, 0.2) is 0 Å². The zero-order chi connectivity index (χ0) is 13.7. The first-order valence-corrected chi connectivity index (χ1v) is 7.28. The number of hydrogen-bond acceptors (Lipinski definition) is 3. The smallest absolute Gasteiger partial charge is 0.251 e. The molecule has 1 heterocycles. The van der Waals surface area contributed by atoms with Crippen LogP contribution in [0.2, 0.25) is 0 Å². The van der Waals surface area contributed by atoms with Crippen molar-refractivity contribution in [3.8, 4) is 0 Å². The summed E-state index contributed by atoms with van der Waals surface area (Å²) < 4.78 is 0. The molecule has 0 unspecified atom stereocenters. The molecule has 0 aliphatic heterocycles. The number of carbonyl (C=O) groups is 1. The van der Waals surface area contributed by atoms with Gasteiger partial charge >= 0.3 is 0 Å². The van der Waals surface area contributed by atoms with Gasteiger partial charge in [-0.15, -0.1) is 0 Å². The number of carbonyl (C=O) groups excluding carboxylic acids is 1. The molecule has 0 fully saturated rings. The van der Waals surface area contributed by atoms with Crippen molar-refractivity contribution in [1.82, 2.24) is 5.32 Å². The van der Waals surface area contributed by atoms with Gasteiger partial charge in [0.05, 0.1) is 0 Å². The Morgan fingerprint density at radius 1 is 1.32 bits per heavy atom. The second-order valence-electron chi connectivity index (χ2n) is 4.37. The van der Waals surface area contributed by atoms with E-state index in [9.17, 15) is 4.79 Å². The number of rotatable bonds is 5. The summed E-state index contributed by atoms with van der Waals surface area (Å²) >= 11 is 1.64. The van der Waals surface area contributed by atoms with Crippen LogP contribution in [0.15, 0.2) is 35.0 Å². The van der Waals surface area contributed by atoms with E-state index in [-0.39, 0.29) is 5.91 Å². The van der Waals surface area contributed by atoms with Crippen molar-refractivity contribution >= 4 is 22.9 Å². The van der Waals surface area contributed by atoms with Crippen molar-refractivity contribution in [1.29, 1.82) is 0 Å². The van der Waals surface area contributed by atoms with Crippen LogP contribution in [0, 0.1) is 6.92 Å². The molecule has 1 amide bonds. The molecule has 0 aliphatic rings. The Labute approximate surface area is 117 Å². The molecular weight excluding hydrogens is 256 g/mol. The van der Waals surface area contributed by atoms with E-state index in [2.05, 4.69) is 17.6 Å². The lowest BCUT2D eigenvalue weighted by Crippen LogP contribution is -2.23. The van der Waals surface area contributed by atoms with Crippen LogP contribution in [0.5, 0.6) is 0 Å². The number of benzene rings is 1. The van der Waals surface area contributed by atoms with Gasteiger partial charge in [-0.25, -0.2) is 0 Å². The molecule has 100 valence electrons. The minimum Gasteiger partial charge on any atom is -0.385 e. The first kappa shape index (κ1) is 13.6. The summed E-state index contributed by atoms with van der Waals surface area (Å²) in [4.78, 5) is 12.1. The van der Waals surface area contributed by atoms with E-state index in [4.69, 9.17) is 0 Å². The van der Waals surface area contributed by atoms with Crippen LogP contribution >= 0.6 is 11.3 Å². The molecule has 19 heavy (non-hydrogen) atoms. The normalized spacial score (nSPS) is 10.2. The van der Waals surface area contributed by atoms with E-state index < -0.39 is 0 Å². The SMILES string of the molecule is CCNc1ccc(C(=O)NCc2ccsc2)c(C)c1. The van der Waals surface area contributed by atoms with E-state index in [1.165, 1.54) is 0 Å². The molecule has 0 saturated carbocycles. The van der Waals surface area contributed by atoms with Gasteiger partial charge in [0, 0.05) is 24.3 Å². The molecule has 2 rings (SSSR count). The summed E-state index contributed by atoms with van der Waals surface area (Å²) in [7, 11) is 0. The molecule has 0 atom stereocenters. The molecule has 0 bridgehead atoms. The van der Waals surface area contributed by atoms with Crippen LogP contribution in [0.25, 0.3) is 0 Å². The maximum Gasteiger partial charge on any atom is 0.251 e. The summed E-state index contributed by atoms with van der Waals surface area (Å²) in [6.45, 7) is 5.47. The van der Waals surface area contributed by atoms with Gasteiger partial charge in [0.1, 0.15) is 0 Å². The largest absolute Gasteiger partial charge is 0.385 e. The third-order valence-electron chi connectivity index (χ3n) is 2.89. The van der Waals surface area contributed by atoms with Crippen molar-refractivity contribution < 1.29 is 4.79 Å². The minimum absolute atomic E-state index is 0.0215. The van der Waals surface area contributed by atoms with Crippen LogP contribution in [0.3, 0.4) is 0 Å². The highest BCUT2D eigenvalue weighted by Gasteiger charge is 2.09. The second-order valence-corrected chi connectivity index (χ2v) is 5.15. The van der Waals surface area contributed by atoms with E-state index in [0.717, 1.165) is 28.9 Å². The molecular formula is C15H18N2OS. The highest BCUT2D eigenvalue weighted by molar-refractivity contribution is 7.07. The number of nitrogens with one attached hydrogen (secondary N) is 2. The molecule has 0 radical (unpaired) electrons. The lowest BCUT2D eigenvalue weighted by molar-refractivity contribution is 0.0950. The fraction of sp³-hybridized carbons (Fsp3) is 0.267. The number of anilines is 1. The number of aryl methyl sites for hydroxylation is 1. The van der Waals surface area contributed by atoms with Crippen molar-refractivity contribution in [2.45, 2.75) is 20.4 Å². The average molecular weight is 274 g/mol. The summed E-state index contributed by atoms with van der Waals surface area (Å²) in [6, 6.07) is 7.83. The highest BCUT2D eigenvalue weighted by atomic mass is 32.1. The zero-order valence-electron chi connectivity index (χ0n) is 11.2. The lowest BCUT2D eigenvalue weighted by Gasteiger charge is -2.09. The van der Waals surface area contributed by atoms with E-state index in [1.807, 2.05) is 41.9 Å². The Morgan fingerprint density at radius 3 is 2.79 bits per heavy atom. The average Bonchev–Trinajstić information content (AvgIpc) is 2.89. The van der Waals surface area contributed by atoms with Crippen LogP contribution in [0.1, 0.15) is 28.4 Å². The molecule has 1 aromatic carbocycles. The third kappa shape index (κ3) is 3.58. The highest BCUT2D eigenvalue weighted by Crippen LogP contribution is 2.15. The molecule has 0 spiro atoms. The first-order valence-electron chi connectivity index (χ1n) is 6.34. The molecule has 1 aromatic heterocycles. The van der Waals surface area contributed by atoms with Crippen LogP contribution in [0.4, 0.5) is 5.69 Å². The summed E-state index contributed by atoms with van der Waals surface area (Å²) in [5.41, 5.74) is 3.91. The van der Waals surface area contributed by atoms with Gasteiger partial charge in [-0.05, 0) is 60.0 Å². The van der Waals surface area contributed by atoms with Gasteiger partial charge in [-0.3, -0.25) is 4.79 Å². The molecule has 0 saturated heterocycles. The Morgan fingerprint density at radius 2 is 2.16 bits per heavy atom.